The number of hydrogen-bond acceptors (Lipinski definition) is 2. The summed E-state index contributed by atoms with van der Waals surface area (Å²) in [7, 11) is 0. The zero-order chi connectivity index (χ0) is 8.97. The lowest BCUT2D eigenvalue weighted by atomic mass is 10.1. The van der Waals surface area contributed by atoms with Gasteiger partial charge in [-0.2, -0.15) is 12.6 Å². The van der Waals surface area contributed by atoms with Crippen LogP contribution in [0.3, 0.4) is 0 Å². The van der Waals surface area contributed by atoms with E-state index >= 15 is 0 Å². The van der Waals surface area contributed by atoms with Crippen LogP contribution in [-0.2, 0) is 0 Å². The molecular formula is C10H14OS. The van der Waals surface area contributed by atoms with Gasteiger partial charge in [-0.05, 0) is 31.0 Å². The van der Waals surface area contributed by atoms with Gasteiger partial charge in [0.15, 0.2) is 0 Å². The third-order valence-electron chi connectivity index (χ3n) is 1.90. The summed E-state index contributed by atoms with van der Waals surface area (Å²) < 4.78 is 5.49. The maximum atomic E-state index is 5.49. The van der Waals surface area contributed by atoms with E-state index in [1.807, 2.05) is 12.1 Å². The van der Waals surface area contributed by atoms with Crippen LogP contribution in [0.15, 0.2) is 18.2 Å². The van der Waals surface area contributed by atoms with Crippen molar-refractivity contribution in [1.82, 2.24) is 0 Å². The highest BCUT2D eigenvalue weighted by molar-refractivity contribution is 7.80. The first-order valence-corrected chi connectivity index (χ1v) is 4.69. The van der Waals surface area contributed by atoms with Gasteiger partial charge in [-0.3, -0.25) is 0 Å². The Labute approximate surface area is 79.2 Å². The molecule has 1 nitrogen and oxygen atoms in total. The molecule has 0 heterocycles. The van der Waals surface area contributed by atoms with Crippen molar-refractivity contribution in [3.05, 3.63) is 29.3 Å². The van der Waals surface area contributed by atoms with Gasteiger partial charge < -0.3 is 4.74 Å². The first kappa shape index (κ1) is 9.46. The molecular weight excluding hydrogens is 168 g/mol. The average Bonchev–Trinajstić information content (AvgIpc) is 2.08. The summed E-state index contributed by atoms with van der Waals surface area (Å²) in [6.07, 6.45) is 0. The molecule has 2 heteroatoms. The molecule has 66 valence electrons. The van der Waals surface area contributed by atoms with Gasteiger partial charge in [0.25, 0.3) is 0 Å². The fraction of sp³-hybridized carbons (Fsp3) is 0.400. The van der Waals surface area contributed by atoms with Gasteiger partial charge in [0.2, 0.25) is 0 Å². The van der Waals surface area contributed by atoms with Crippen LogP contribution in [0.5, 0.6) is 5.75 Å². The number of aryl methyl sites for hydroxylation is 1. The zero-order valence-electron chi connectivity index (χ0n) is 7.50. The topological polar surface area (TPSA) is 9.23 Å². The zero-order valence-corrected chi connectivity index (χ0v) is 8.40. The molecule has 0 fully saturated rings. The summed E-state index contributed by atoms with van der Waals surface area (Å²) in [5, 5.41) is 0. The van der Waals surface area contributed by atoms with Gasteiger partial charge in [0.05, 0.1) is 6.61 Å². The fourth-order valence-electron chi connectivity index (χ4n) is 1.04. The highest BCUT2D eigenvalue weighted by Crippen LogP contribution is 2.20. The minimum Gasteiger partial charge on any atom is -0.492 e. The van der Waals surface area contributed by atoms with E-state index in [1.54, 1.807) is 0 Å². The van der Waals surface area contributed by atoms with E-state index in [1.165, 1.54) is 11.1 Å². The van der Waals surface area contributed by atoms with Crippen LogP contribution in [0.25, 0.3) is 0 Å². The second-order valence-electron chi connectivity index (χ2n) is 2.77. The van der Waals surface area contributed by atoms with Crippen LogP contribution in [0.4, 0.5) is 0 Å². The average molecular weight is 182 g/mol. The predicted molar refractivity (Wildman–Crippen MR) is 55.3 cm³/mol. The SMILES string of the molecule is Cc1cccc(OCCS)c1C. The summed E-state index contributed by atoms with van der Waals surface area (Å²) in [5.41, 5.74) is 2.49. The summed E-state index contributed by atoms with van der Waals surface area (Å²) in [6.45, 7) is 4.83. The first-order chi connectivity index (χ1) is 5.75. The van der Waals surface area contributed by atoms with Crippen molar-refractivity contribution >= 4 is 12.6 Å². The van der Waals surface area contributed by atoms with Gasteiger partial charge in [-0.15, -0.1) is 0 Å². The molecule has 0 atom stereocenters. The maximum absolute atomic E-state index is 5.49. The van der Waals surface area contributed by atoms with Crippen LogP contribution in [-0.4, -0.2) is 12.4 Å². The summed E-state index contributed by atoms with van der Waals surface area (Å²) in [6, 6.07) is 6.09. The van der Waals surface area contributed by atoms with Crippen molar-refractivity contribution in [3.8, 4) is 5.75 Å². The van der Waals surface area contributed by atoms with E-state index in [2.05, 4.69) is 32.5 Å². The van der Waals surface area contributed by atoms with E-state index < -0.39 is 0 Å². The van der Waals surface area contributed by atoms with Crippen LogP contribution in [0.1, 0.15) is 11.1 Å². The van der Waals surface area contributed by atoms with Crippen molar-refractivity contribution in [3.63, 3.8) is 0 Å². The van der Waals surface area contributed by atoms with Crippen molar-refractivity contribution in [2.45, 2.75) is 13.8 Å². The normalized spacial score (nSPS) is 9.92. The standard InChI is InChI=1S/C10H14OS/c1-8-4-3-5-10(9(8)2)11-6-7-12/h3-5,12H,6-7H2,1-2H3. The quantitative estimate of drug-likeness (QED) is 0.707. The summed E-state index contributed by atoms with van der Waals surface area (Å²) in [5.74, 6) is 1.73. The lowest BCUT2D eigenvalue weighted by Crippen LogP contribution is -2.00. The van der Waals surface area contributed by atoms with Crippen LogP contribution in [0.2, 0.25) is 0 Å². The molecule has 0 radical (unpaired) electrons. The third kappa shape index (κ3) is 2.18. The van der Waals surface area contributed by atoms with E-state index in [9.17, 15) is 0 Å². The Morgan fingerprint density at radius 1 is 1.33 bits per heavy atom. The molecule has 0 bridgehead atoms. The van der Waals surface area contributed by atoms with Gasteiger partial charge in [0, 0.05) is 5.75 Å². The third-order valence-corrected chi connectivity index (χ3v) is 2.09. The Hall–Kier alpha value is -0.630. The molecule has 1 aromatic rings. The Morgan fingerprint density at radius 3 is 2.75 bits per heavy atom. The second kappa shape index (κ2) is 4.41. The minimum absolute atomic E-state index is 0.674. The molecule has 0 aliphatic carbocycles. The molecule has 0 aliphatic rings. The van der Waals surface area contributed by atoms with E-state index in [-0.39, 0.29) is 0 Å². The number of hydrogen-bond donors (Lipinski definition) is 1. The summed E-state index contributed by atoms with van der Waals surface area (Å²) >= 11 is 4.09. The maximum Gasteiger partial charge on any atom is 0.122 e. The molecule has 0 aromatic heterocycles. The van der Waals surface area contributed by atoms with Crippen molar-refractivity contribution in [1.29, 1.82) is 0 Å². The van der Waals surface area contributed by atoms with E-state index in [0.29, 0.717) is 6.61 Å². The van der Waals surface area contributed by atoms with Crippen molar-refractivity contribution in [2.75, 3.05) is 12.4 Å². The van der Waals surface area contributed by atoms with Crippen molar-refractivity contribution < 1.29 is 4.74 Å². The lowest BCUT2D eigenvalue weighted by molar-refractivity contribution is 0.341. The van der Waals surface area contributed by atoms with E-state index in [4.69, 9.17) is 4.74 Å². The monoisotopic (exact) mass is 182 g/mol. The summed E-state index contributed by atoms with van der Waals surface area (Å²) in [4.78, 5) is 0. The molecule has 0 unspecified atom stereocenters. The van der Waals surface area contributed by atoms with E-state index in [0.717, 1.165) is 11.5 Å². The lowest BCUT2D eigenvalue weighted by Gasteiger charge is -2.08. The van der Waals surface area contributed by atoms with Crippen molar-refractivity contribution in [2.24, 2.45) is 0 Å². The van der Waals surface area contributed by atoms with Crippen LogP contribution < -0.4 is 4.74 Å². The number of rotatable bonds is 3. The predicted octanol–water partition coefficient (Wildman–Crippen LogP) is 2.61. The Morgan fingerprint density at radius 2 is 2.08 bits per heavy atom. The van der Waals surface area contributed by atoms with Gasteiger partial charge in [0.1, 0.15) is 5.75 Å². The molecule has 0 spiro atoms. The molecule has 0 N–H and O–H groups in total. The number of benzene rings is 1. The molecule has 1 aromatic carbocycles. The Bertz CT molecular complexity index is 258. The second-order valence-corrected chi connectivity index (χ2v) is 3.22. The molecule has 12 heavy (non-hydrogen) atoms. The smallest absolute Gasteiger partial charge is 0.122 e. The fourth-order valence-corrected chi connectivity index (χ4v) is 1.13. The molecule has 0 saturated heterocycles. The first-order valence-electron chi connectivity index (χ1n) is 4.05. The Kier molecular flexibility index (Phi) is 3.48. The van der Waals surface area contributed by atoms with Crippen LogP contribution >= 0.6 is 12.6 Å². The van der Waals surface area contributed by atoms with Crippen LogP contribution in [0, 0.1) is 13.8 Å². The van der Waals surface area contributed by atoms with Gasteiger partial charge >= 0.3 is 0 Å². The van der Waals surface area contributed by atoms with Gasteiger partial charge in [-0.1, -0.05) is 12.1 Å². The molecule has 0 aliphatic heterocycles. The largest absolute Gasteiger partial charge is 0.492 e. The molecule has 0 amide bonds. The number of ether oxygens (including phenoxy) is 1. The molecule has 0 saturated carbocycles. The molecule has 1 rings (SSSR count). The Balaban J connectivity index is 2.78. The van der Waals surface area contributed by atoms with Gasteiger partial charge in [-0.25, -0.2) is 0 Å². The number of thiol groups is 1. The minimum atomic E-state index is 0.674. The highest BCUT2D eigenvalue weighted by Gasteiger charge is 1.99. The highest BCUT2D eigenvalue weighted by atomic mass is 32.1.